The van der Waals surface area contributed by atoms with Gasteiger partial charge in [0.05, 0.1) is 12.7 Å². The first-order chi connectivity index (χ1) is 17.9. The number of hydrogen-bond donors (Lipinski definition) is 4. The largest absolute Gasteiger partial charge is 0.494 e. The van der Waals surface area contributed by atoms with Crippen molar-refractivity contribution in [1.29, 1.82) is 0 Å². The third-order valence-corrected chi connectivity index (χ3v) is 7.90. The highest BCUT2D eigenvalue weighted by Gasteiger charge is 2.44. The molecule has 37 heavy (non-hydrogen) atoms. The first kappa shape index (κ1) is 27.9. The molecular weight excluding hydrogens is 512 g/mol. The van der Waals surface area contributed by atoms with Crippen LogP contribution < -0.4 is 4.74 Å². The Kier molecular flexibility index (Phi) is 9.90. The van der Waals surface area contributed by atoms with E-state index in [0.29, 0.717) is 35.8 Å². The molecule has 1 aliphatic heterocycles. The number of aliphatic hydroxyl groups is 4. The summed E-state index contributed by atoms with van der Waals surface area (Å²) >= 11 is 7.99. The van der Waals surface area contributed by atoms with Crippen LogP contribution in [0.3, 0.4) is 0 Å². The molecule has 0 spiro atoms. The quantitative estimate of drug-likeness (QED) is 0.284. The predicted octanol–water partition coefficient (Wildman–Crippen LogP) is 4.18. The second-order valence-corrected chi connectivity index (χ2v) is 10.6. The Morgan fingerprint density at radius 1 is 0.919 bits per heavy atom. The monoisotopic (exact) mass is 544 g/mol. The van der Waals surface area contributed by atoms with Crippen LogP contribution in [0.15, 0.2) is 71.6 Å². The molecular formula is C29H33ClO6S. The van der Waals surface area contributed by atoms with E-state index in [1.165, 1.54) is 11.8 Å². The normalized spacial score (nSPS) is 23.7. The number of halogens is 1. The zero-order valence-corrected chi connectivity index (χ0v) is 22.2. The summed E-state index contributed by atoms with van der Waals surface area (Å²) in [6, 6.07) is 21.1. The Bertz CT molecular complexity index is 1160. The molecule has 1 fully saturated rings. The van der Waals surface area contributed by atoms with Crippen molar-refractivity contribution >= 4 is 23.4 Å². The van der Waals surface area contributed by atoms with Crippen molar-refractivity contribution in [3.63, 3.8) is 0 Å². The third-order valence-electron chi connectivity index (χ3n) is 6.45. The van der Waals surface area contributed by atoms with Crippen molar-refractivity contribution in [3.8, 4) is 5.75 Å². The van der Waals surface area contributed by atoms with E-state index in [-0.39, 0.29) is 6.61 Å². The summed E-state index contributed by atoms with van der Waals surface area (Å²) in [5.41, 5.74) is 3.63. The van der Waals surface area contributed by atoms with Crippen molar-refractivity contribution in [2.75, 3.05) is 19.0 Å². The third kappa shape index (κ3) is 7.06. The van der Waals surface area contributed by atoms with E-state index in [0.717, 1.165) is 27.3 Å². The summed E-state index contributed by atoms with van der Waals surface area (Å²) in [6.07, 6.45) is -4.23. The molecule has 4 N–H and O–H groups in total. The maximum Gasteiger partial charge on any atom is 0.119 e. The van der Waals surface area contributed by atoms with E-state index in [4.69, 9.17) is 21.1 Å². The fraction of sp³-hybridized carbons (Fsp3) is 0.379. The summed E-state index contributed by atoms with van der Waals surface area (Å²) in [5.74, 6) is 1.19. The van der Waals surface area contributed by atoms with Crippen molar-refractivity contribution in [2.24, 2.45) is 0 Å². The van der Waals surface area contributed by atoms with E-state index in [1.54, 1.807) is 12.1 Å². The Labute approximate surface area is 226 Å². The van der Waals surface area contributed by atoms with Gasteiger partial charge in [-0.05, 0) is 72.4 Å². The summed E-state index contributed by atoms with van der Waals surface area (Å²) in [5, 5.41) is 41.8. The molecule has 3 aromatic rings. The molecule has 0 saturated carbocycles. The molecule has 5 atom stereocenters. The van der Waals surface area contributed by atoms with E-state index in [1.807, 2.05) is 61.5 Å². The van der Waals surface area contributed by atoms with Crippen LogP contribution in [0.1, 0.15) is 35.3 Å². The predicted molar refractivity (Wildman–Crippen MR) is 145 cm³/mol. The molecule has 1 heterocycles. The van der Waals surface area contributed by atoms with Crippen molar-refractivity contribution in [2.45, 2.75) is 55.2 Å². The maximum atomic E-state index is 10.8. The molecule has 4 rings (SSSR count). The number of rotatable bonds is 10. The van der Waals surface area contributed by atoms with E-state index in [2.05, 4.69) is 0 Å². The Balaban J connectivity index is 1.49. The number of benzene rings is 3. The summed E-state index contributed by atoms with van der Waals surface area (Å²) in [7, 11) is 0. The topological polar surface area (TPSA) is 99.4 Å². The minimum Gasteiger partial charge on any atom is -0.494 e. The zero-order chi connectivity index (χ0) is 26.4. The van der Waals surface area contributed by atoms with Gasteiger partial charge in [-0.15, -0.1) is 11.8 Å². The van der Waals surface area contributed by atoms with Gasteiger partial charge in [0.1, 0.15) is 30.2 Å². The van der Waals surface area contributed by atoms with Crippen LogP contribution in [-0.2, 0) is 17.6 Å². The van der Waals surface area contributed by atoms with Gasteiger partial charge in [-0.3, -0.25) is 0 Å². The Hall–Kier alpha value is -2.10. The number of aliphatic hydroxyl groups excluding tert-OH is 4. The van der Waals surface area contributed by atoms with Crippen LogP contribution in [0.2, 0.25) is 5.02 Å². The lowest BCUT2D eigenvalue weighted by Gasteiger charge is -2.41. The van der Waals surface area contributed by atoms with E-state index >= 15 is 0 Å². The van der Waals surface area contributed by atoms with Gasteiger partial charge < -0.3 is 29.9 Å². The maximum absolute atomic E-state index is 10.8. The molecule has 5 unspecified atom stereocenters. The van der Waals surface area contributed by atoms with Gasteiger partial charge in [-0.1, -0.05) is 48.0 Å². The zero-order valence-electron chi connectivity index (χ0n) is 20.7. The number of ether oxygens (including phenoxy) is 2. The molecule has 3 aromatic carbocycles. The SMILES string of the molecule is CCOc1ccc(Cc2cc(C3OC(CSc4cccc(CCO)c4)C(O)C(O)C3O)ccc2Cl)cc1. The molecule has 0 radical (unpaired) electrons. The highest BCUT2D eigenvalue weighted by molar-refractivity contribution is 7.99. The Morgan fingerprint density at radius 2 is 1.70 bits per heavy atom. The van der Waals surface area contributed by atoms with Gasteiger partial charge in [-0.2, -0.15) is 0 Å². The van der Waals surface area contributed by atoms with Gasteiger partial charge in [0.2, 0.25) is 0 Å². The minimum atomic E-state index is -1.35. The van der Waals surface area contributed by atoms with Gasteiger partial charge in [-0.25, -0.2) is 0 Å². The van der Waals surface area contributed by atoms with Crippen LogP contribution >= 0.6 is 23.4 Å². The minimum absolute atomic E-state index is 0.0754. The standard InChI is InChI=1S/C29H33ClO6S/c1-2-35-22-9-6-19(7-10-22)14-21-16-20(8-11-24(21)30)29-28(34)27(33)26(32)25(36-29)17-37-23-5-3-4-18(15-23)12-13-31/h3-11,15-16,25-29,31-34H,2,12-14,17H2,1H3. The first-order valence-corrected chi connectivity index (χ1v) is 13.8. The van der Waals surface area contributed by atoms with Crippen molar-refractivity contribution < 1.29 is 29.9 Å². The second kappa shape index (κ2) is 13.1. The molecule has 0 aliphatic carbocycles. The lowest BCUT2D eigenvalue weighted by Crippen LogP contribution is -2.54. The highest BCUT2D eigenvalue weighted by Crippen LogP contribution is 2.36. The molecule has 6 nitrogen and oxygen atoms in total. The molecule has 8 heteroatoms. The lowest BCUT2D eigenvalue weighted by atomic mass is 9.90. The average molecular weight is 545 g/mol. The van der Waals surface area contributed by atoms with Crippen LogP contribution in [0.4, 0.5) is 0 Å². The van der Waals surface area contributed by atoms with Crippen molar-refractivity contribution in [1.82, 2.24) is 0 Å². The molecule has 0 amide bonds. The van der Waals surface area contributed by atoms with Gasteiger partial charge in [0.15, 0.2) is 0 Å². The summed E-state index contributed by atoms with van der Waals surface area (Å²) in [4.78, 5) is 0.975. The molecule has 0 aromatic heterocycles. The smallest absolute Gasteiger partial charge is 0.119 e. The summed E-state index contributed by atoms with van der Waals surface area (Å²) in [6.45, 7) is 2.62. The molecule has 198 valence electrons. The fourth-order valence-corrected chi connectivity index (χ4v) is 5.69. The van der Waals surface area contributed by atoms with Gasteiger partial charge >= 0.3 is 0 Å². The van der Waals surface area contributed by atoms with Crippen LogP contribution in [0.5, 0.6) is 5.75 Å². The van der Waals surface area contributed by atoms with Crippen molar-refractivity contribution in [3.05, 3.63) is 94.0 Å². The van der Waals surface area contributed by atoms with Gasteiger partial charge in [0.25, 0.3) is 0 Å². The van der Waals surface area contributed by atoms with Gasteiger partial charge in [0, 0.05) is 22.3 Å². The van der Waals surface area contributed by atoms with Crippen LogP contribution in [0.25, 0.3) is 0 Å². The molecule has 1 aliphatic rings. The number of hydrogen-bond acceptors (Lipinski definition) is 7. The molecule has 0 bridgehead atoms. The number of thioether (sulfide) groups is 1. The van der Waals surface area contributed by atoms with E-state index in [9.17, 15) is 20.4 Å². The lowest BCUT2D eigenvalue weighted by molar-refractivity contribution is -0.218. The second-order valence-electron chi connectivity index (χ2n) is 9.10. The highest BCUT2D eigenvalue weighted by atomic mass is 35.5. The average Bonchev–Trinajstić information content (AvgIpc) is 2.90. The summed E-state index contributed by atoms with van der Waals surface area (Å²) < 4.78 is 11.7. The van der Waals surface area contributed by atoms with Crippen LogP contribution in [0, 0.1) is 0 Å². The fourth-order valence-electron chi connectivity index (χ4n) is 4.46. The molecule has 1 saturated heterocycles. The van der Waals surface area contributed by atoms with Crippen LogP contribution in [-0.4, -0.2) is 63.8 Å². The Morgan fingerprint density at radius 3 is 2.43 bits per heavy atom. The first-order valence-electron chi connectivity index (χ1n) is 12.4. The van der Waals surface area contributed by atoms with E-state index < -0.39 is 30.5 Å².